The molecule has 0 aliphatic carbocycles. The maximum atomic E-state index is 11.5. The van der Waals surface area contributed by atoms with E-state index in [9.17, 15) is 8.42 Å². The zero-order chi connectivity index (χ0) is 12.0. The molecule has 0 spiro atoms. The Hall–Kier alpha value is -0.170. The van der Waals surface area contributed by atoms with E-state index in [0.717, 1.165) is 19.6 Å². The summed E-state index contributed by atoms with van der Waals surface area (Å²) in [6.45, 7) is 3.65. The Morgan fingerprint density at radius 3 is 2.50 bits per heavy atom. The molecule has 0 aromatic rings. The third kappa shape index (κ3) is 4.78. The highest BCUT2D eigenvalue weighted by molar-refractivity contribution is 7.89. The van der Waals surface area contributed by atoms with Gasteiger partial charge in [-0.15, -0.1) is 0 Å². The summed E-state index contributed by atoms with van der Waals surface area (Å²) in [6.07, 6.45) is 2.38. The molecule has 96 valence electrons. The molecule has 1 fully saturated rings. The molecule has 5 nitrogen and oxygen atoms in total. The van der Waals surface area contributed by atoms with Crippen molar-refractivity contribution in [3.63, 3.8) is 0 Å². The molecule has 1 heterocycles. The molecule has 1 aliphatic rings. The van der Waals surface area contributed by atoms with Crippen molar-refractivity contribution in [3.05, 3.63) is 0 Å². The van der Waals surface area contributed by atoms with Gasteiger partial charge in [-0.05, 0) is 38.4 Å². The number of piperidine rings is 1. The summed E-state index contributed by atoms with van der Waals surface area (Å²) in [5, 5.41) is 6.55. The van der Waals surface area contributed by atoms with E-state index in [4.69, 9.17) is 0 Å². The molecule has 0 saturated carbocycles. The van der Waals surface area contributed by atoms with Crippen molar-refractivity contribution in [2.45, 2.75) is 12.8 Å². The lowest BCUT2D eigenvalue weighted by Crippen LogP contribution is -2.36. The quantitative estimate of drug-likeness (QED) is 0.621. The van der Waals surface area contributed by atoms with Gasteiger partial charge < -0.3 is 10.6 Å². The third-order valence-electron chi connectivity index (χ3n) is 2.98. The van der Waals surface area contributed by atoms with E-state index in [2.05, 4.69) is 10.6 Å². The monoisotopic (exact) mass is 249 g/mol. The summed E-state index contributed by atoms with van der Waals surface area (Å²) < 4.78 is 24.2. The topological polar surface area (TPSA) is 61.4 Å². The van der Waals surface area contributed by atoms with Crippen molar-refractivity contribution in [2.24, 2.45) is 5.92 Å². The number of hydrogen-bond donors (Lipinski definition) is 2. The second-order valence-corrected chi connectivity index (χ2v) is 6.80. The summed E-state index contributed by atoms with van der Waals surface area (Å²) in [7, 11) is 0.100. The first-order chi connectivity index (χ1) is 7.52. The Labute approximate surface area is 98.6 Å². The Bertz CT molecular complexity index is 284. The SMILES string of the molecule is CN(C)S(=O)(=O)CCNCC1CCNCC1. The normalized spacial score (nSPS) is 19.2. The molecule has 0 aromatic heterocycles. The number of hydrogen-bond acceptors (Lipinski definition) is 4. The summed E-state index contributed by atoms with van der Waals surface area (Å²) in [5.74, 6) is 0.883. The van der Waals surface area contributed by atoms with Crippen LogP contribution in [0.3, 0.4) is 0 Å². The third-order valence-corrected chi connectivity index (χ3v) is 4.82. The summed E-state index contributed by atoms with van der Waals surface area (Å²) >= 11 is 0. The molecule has 0 amide bonds. The number of nitrogens with zero attached hydrogens (tertiary/aromatic N) is 1. The minimum Gasteiger partial charge on any atom is -0.317 e. The molecule has 0 aromatic carbocycles. The van der Waals surface area contributed by atoms with Crippen molar-refractivity contribution in [1.29, 1.82) is 0 Å². The largest absolute Gasteiger partial charge is 0.317 e. The highest BCUT2D eigenvalue weighted by atomic mass is 32.2. The Morgan fingerprint density at radius 2 is 1.94 bits per heavy atom. The van der Waals surface area contributed by atoms with Crippen LogP contribution in [0.15, 0.2) is 0 Å². The maximum absolute atomic E-state index is 11.5. The van der Waals surface area contributed by atoms with E-state index < -0.39 is 10.0 Å². The van der Waals surface area contributed by atoms with Crippen LogP contribution in [0.5, 0.6) is 0 Å². The minimum absolute atomic E-state index is 0.185. The van der Waals surface area contributed by atoms with Crippen molar-refractivity contribution in [3.8, 4) is 0 Å². The zero-order valence-electron chi connectivity index (χ0n) is 10.2. The smallest absolute Gasteiger partial charge is 0.214 e. The number of sulfonamides is 1. The van der Waals surface area contributed by atoms with Crippen molar-refractivity contribution in [1.82, 2.24) is 14.9 Å². The fraction of sp³-hybridized carbons (Fsp3) is 1.00. The van der Waals surface area contributed by atoms with E-state index in [1.54, 1.807) is 14.1 Å². The highest BCUT2D eigenvalue weighted by Crippen LogP contribution is 2.09. The van der Waals surface area contributed by atoms with Crippen LogP contribution in [0.25, 0.3) is 0 Å². The second-order valence-electron chi connectivity index (χ2n) is 4.50. The van der Waals surface area contributed by atoms with E-state index >= 15 is 0 Å². The van der Waals surface area contributed by atoms with Crippen molar-refractivity contribution >= 4 is 10.0 Å². The van der Waals surface area contributed by atoms with Crippen LogP contribution in [0.2, 0.25) is 0 Å². The average molecular weight is 249 g/mol. The highest BCUT2D eigenvalue weighted by Gasteiger charge is 2.15. The minimum atomic E-state index is -3.04. The first-order valence-corrected chi connectivity index (χ1v) is 7.45. The lowest BCUT2D eigenvalue weighted by molar-refractivity contribution is 0.359. The molecule has 2 N–H and O–H groups in total. The lowest BCUT2D eigenvalue weighted by Gasteiger charge is -2.22. The molecule has 1 rings (SSSR count). The first kappa shape index (κ1) is 13.9. The fourth-order valence-electron chi connectivity index (χ4n) is 1.78. The molecule has 0 radical (unpaired) electrons. The van der Waals surface area contributed by atoms with Gasteiger partial charge in [0.25, 0.3) is 0 Å². The Kier molecular flexibility index (Phi) is 5.68. The predicted octanol–water partition coefficient (Wildman–Crippen LogP) is -0.533. The van der Waals surface area contributed by atoms with E-state index in [0.29, 0.717) is 12.5 Å². The fourth-order valence-corrected chi connectivity index (χ4v) is 2.54. The van der Waals surface area contributed by atoms with Crippen LogP contribution in [-0.2, 0) is 10.0 Å². The molecule has 0 bridgehead atoms. The Balaban J connectivity index is 2.11. The molecule has 0 unspecified atom stereocenters. The summed E-state index contributed by atoms with van der Waals surface area (Å²) in [4.78, 5) is 0. The van der Waals surface area contributed by atoms with Crippen molar-refractivity contribution in [2.75, 3.05) is 46.0 Å². The van der Waals surface area contributed by atoms with Gasteiger partial charge in [0.15, 0.2) is 0 Å². The maximum Gasteiger partial charge on any atom is 0.214 e. The standard InChI is InChI=1S/C10H23N3O2S/c1-13(2)16(14,15)8-7-12-9-10-3-5-11-6-4-10/h10-12H,3-9H2,1-2H3. The van der Waals surface area contributed by atoms with Gasteiger partial charge in [-0.1, -0.05) is 0 Å². The number of rotatable bonds is 6. The zero-order valence-corrected chi connectivity index (χ0v) is 11.0. The van der Waals surface area contributed by atoms with E-state index in [1.165, 1.54) is 17.1 Å². The molecular formula is C10H23N3O2S. The lowest BCUT2D eigenvalue weighted by atomic mass is 9.98. The van der Waals surface area contributed by atoms with Gasteiger partial charge >= 0.3 is 0 Å². The molecule has 0 atom stereocenters. The van der Waals surface area contributed by atoms with Crippen LogP contribution in [0.1, 0.15) is 12.8 Å². The molecular weight excluding hydrogens is 226 g/mol. The number of nitrogens with one attached hydrogen (secondary N) is 2. The van der Waals surface area contributed by atoms with Crippen LogP contribution >= 0.6 is 0 Å². The van der Waals surface area contributed by atoms with Gasteiger partial charge in [0.2, 0.25) is 10.0 Å². The van der Waals surface area contributed by atoms with Crippen molar-refractivity contribution < 1.29 is 8.42 Å². The van der Waals surface area contributed by atoms with Crippen LogP contribution in [0, 0.1) is 5.92 Å². The summed E-state index contributed by atoms with van der Waals surface area (Å²) in [6, 6.07) is 0. The molecule has 16 heavy (non-hydrogen) atoms. The molecule has 1 aliphatic heterocycles. The van der Waals surface area contributed by atoms with Gasteiger partial charge in [0.1, 0.15) is 0 Å². The van der Waals surface area contributed by atoms with Gasteiger partial charge in [-0.3, -0.25) is 0 Å². The Morgan fingerprint density at radius 1 is 1.31 bits per heavy atom. The van der Waals surface area contributed by atoms with Gasteiger partial charge in [0, 0.05) is 20.6 Å². The van der Waals surface area contributed by atoms with E-state index in [1.807, 2.05) is 0 Å². The second kappa shape index (κ2) is 6.54. The first-order valence-electron chi connectivity index (χ1n) is 5.84. The van der Waals surface area contributed by atoms with Gasteiger partial charge in [0.05, 0.1) is 5.75 Å². The molecule has 1 saturated heterocycles. The van der Waals surface area contributed by atoms with Crippen LogP contribution < -0.4 is 10.6 Å². The predicted molar refractivity (Wildman–Crippen MR) is 65.9 cm³/mol. The van der Waals surface area contributed by atoms with Crippen LogP contribution in [0.4, 0.5) is 0 Å². The summed E-state index contributed by atoms with van der Waals surface area (Å²) in [5.41, 5.74) is 0. The average Bonchev–Trinajstić information content (AvgIpc) is 2.26. The van der Waals surface area contributed by atoms with Gasteiger partial charge in [-0.25, -0.2) is 12.7 Å². The molecule has 6 heteroatoms. The van der Waals surface area contributed by atoms with Gasteiger partial charge in [-0.2, -0.15) is 0 Å². The van der Waals surface area contributed by atoms with Crippen LogP contribution in [-0.4, -0.2) is 58.8 Å². The van der Waals surface area contributed by atoms with E-state index in [-0.39, 0.29) is 5.75 Å².